The number of rotatable bonds is 6. The molecule has 2 aliphatic rings. The lowest BCUT2D eigenvalue weighted by Crippen LogP contribution is -2.60. The number of ether oxygens (including phenoxy) is 3. The molecule has 2 unspecified atom stereocenters. The zero-order valence-corrected chi connectivity index (χ0v) is 17.3. The van der Waals surface area contributed by atoms with Crippen LogP contribution < -0.4 is 4.74 Å². The zero-order chi connectivity index (χ0) is 21.2. The fourth-order valence-electron chi connectivity index (χ4n) is 3.99. The Morgan fingerprint density at radius 1 is 1.17 bits per heavy atom. The van der Waals surface area contributed by atoms with E-state index in [0.29, 0.717) is 43.3 Å². The molecule has 0 radical (unpaired) electrons. The molecule has 0 aromatic heterocycles. The van der Waals surface area contributed by atoms with Crippen molar-refractivity contribution in [1.29, 1.82) is 0 Å². The molecular formula is C21H28N2O6. The van der Waals surface area contributed by atoms with Gasteiger partial charge < -0.3 is 19.1 Å². The Kier molecular flexibility index (Phi) is 6.12. The standard InChI is InChI=1S/C21H28N2O6/c1-14-12-15(2)21(28-19(25)20(26)29-21)23(13-14)10-5-11-27-17-8-6-16(7-9-17)18(24)22(3)4/h6-9,14-15H,5,10-13H2,1-4H3. The third-order valence-corrected chi connectivity index (χ3v) is 5.34. The summed E-state index contributed by atoms with van der Waals surface area (Å²) in [6.07, 6.45) is 1.47. The Hall–Kier alpha value is -2.61. The van der Waals surface area contributed by atoms with Crippen LogP contribution in [0.3, 0.4) is 0 Å². The molecule has 0 aliphatic carbocycles. The topological polar surface area (TPSA) is 85.4 Å². The minimum Gasteiger partial charge on any atom is -0.494 e. The quantitative estimate of drug-likeness (QED) is 0.407. The summed E-state index contributed by atoms with van der Waals surface area (Å²) >= 11 is 0. The van der Waals surface area contributed by atoms with Gasteiger partial charge in [-0.1, -0.05) is 13.8 Å². The lowest BCUT2D eigenvalue weighted by atomic mass is 9.88. The Morgan fingerprint density at radius 3 is 2.38 bits per heavy atom. The first-order valence-corrected chi connectivity index (χ1v) is 9.89. The summed E-state index contributed by atoms with van der Waals surface area (Å²) in [5.74, 6) is -2.25. The van der Waals surface area contributed by atoms with Gasteiger partial charge in [-0.05, 0) is 43.0 Å². The molecule has 3 rings (SSSR count). The van der Waals surface area contributed by atoms with Crippen molar-refractivity contribution in [2.75, 3.05) is 33.8 Å². The van der Waals surface area contributed by atoms with Crippen molar-refractivity contribution in [3.05, 3.63) is 29.8 Å². The molecule has 2 aliphatic heterocycles. The van der Waals surface area contributed by atoms with E-state index in [4.69, 9.17) is 14.2 Å². The monoisotopic (exact) mass is 404 g/mol. The summed E-state index contributed by atoms with van der Waals surface area (Å²) in [6.45, 7) is 5.74. The van der Waals surface area contributed by atoms with E-state index < -0.39 is 17.8 Å². The highest BCUT2D eigenvalue weighted by Crippen LogP contribution is 2.41. The summed E-state index contributed by atoms with van der Waals surface area (Å²) in [7, 11) is 3.42. The molecule has 2 heterocycles. The normalized spacial score (nSPS) is 23.6. The average molecular weight is 404 g/mol. The number of likely N-dealkylation sites (tertiary alicyclic amines) is 1. The molecular weight excluding hydrogens is 376 g/mol. The zero-order valence-electron chi connectivity index (χ0n) is 17.3. The van der Waals surface area contributed by atoms with Crippen molar-refractivity contribution in [2.24, 2.45) is 11.8 Å². The number of hydrogen-bond donors (Lipinski definition) is 0. The molecule has 2 fully saturated rings. The maximum absolute atomic E-state index is 11.9. The van der Waals surface area contributed by atoms with Crippen molar-refractivity contribution in [3.63, 3.8) is 0 Å². The largest absolute Gasteiger partial charge is 0.494 e. The maximum Gasteiger partial charge on any atom is 0.421 e. The molecule has 1 aromatic carbocycles. The first-order chi connectivity index (χ1) is 13.7. The van der Waals surface area contributed by atoms with Crippen molar-refractivity contribution < 1.29 is 28.6 Å². The van der Waals surface area contributed by atoms with E-state index in [1.54, 1.807) is 38.4 Å². The van der Waals surface area contributed by atoms with Crippen LogP contribution in [-0.2, 0) is 19.1 Å². The van der Waals surface area contributed by atoms with Crippen LogP contribution in [0.4, 0.5) is 0 Å². The molecule has 1 amide bonds. The van der Waals surface area contributed by atoms with Gasteiger partial charge in [-0.25, -0.2) is 14.5 Å². The van der Waals surface area contributed by atoms with Crippen LogP contribution in [0.1, 0.15) is 37.0 Å². The lowest BCUT2D eigenvalue weighted by Gasteiger charge is -2.46. The molecule has 2 atom stereocenters. The summed E-state index contributed by atoms with van der Waals surface area (Å²) in [5.41, 5.74) is 0.602. The number of hydrogen-bond acceptors (Lipinski definition) is 7. The number of carbonyl (C=O) groups is 3. The molecule has 8 heteroatoms. The second kappa shape index (κ2) is 8.41. The summed E-state index contributed by atoms with van der Waals surface area (Å²) in [4.78, 5) is 38.7. The smallest absolute Gasteiger partial charge is 0.421 e. The van der Waals surface area contributed by atoms with Crippen LogP contribution in [0.2, 0.25) is 0 Å². The van der Waals surface area contributed by atoms with Crippen molar-refractivity contribution in [3.8, 4) is 5.75 Å². The van der Waals surface area contributed by atoms with Crippen molar-refractivity contribution in [2.45, 2.75) is 32.6 Å². The SMILES string of the molecule is CC1CC(C)C2(OC(=O)C(=O)O2)N(CCCOc2ccc(C(=O)N(C)C)cc2)C1. The average Bonchev–Trinajstić information content (AvgIpc) is 2.98. The molecule has 8 nitrogen and oxygen atoms in total. The van der Waals surface area contributed by atoms with Crippen LogP contribution in [-0.4, -0.2) is 67.3 Å². The number of amides is 1. The van der Waals surface area contributed by atoms with Crippen LogP contribution >= 0.6 is 0 Å². The predicted molar refractivity (Wildman–Crippen MR) is 104 cm³/mol. The van der Waals surface area contributed by atoms with Gasteiger partial charge in [0.25, 0.3) is 5.91 Å². The first-order valence-electron chi connectivity index (χ1n) is 9.89. The van der Waals surface area contributed by atoms with E-state index in [-0.39, 0.29) is 11.8 Å². The molecule has 0 saturated carbocycles. The number of carbonyl (C=O) groups excluding carboxylic acids is 3. The molecule has 29 heavy (non-hydrogen) atoms. The lowest BCUT2D eigenvalue weighted by molar-refractivity contribution is -0.293. The molecule has 2 saturated heterocycles. The van der Waals surface area contributed by atoms with Gasteiger partial charge in [0.1, 0.15) is 5.75 Å². The highest BCUT2D eigenvalue weighted by molar-refractivity contribution is 6.31. The van der Waals surface area contributed by atoms with Gasteiger partial charge >= 0.3 is 17.8 Å². The fraction of sp³-hybridized carbons (Fsp3) is 0.571. The molecule has 0 bridgehead atoms. The van der Waals surface area contributed by atoms with Gasteiger partial charge in [0.15, 0.2) is 0 Å². The van der Waals surface area contributed by atoms with E-state index >= 15 is 0 Å². The molecule has 0 N–H and O–H groups in total. The van der Waals surface area contributed by atoms with Gasteiger partial charge in [0.2, 0.25) is 0 Å². The number of nitrogens with zero attached hydrogens (tertiary/aromatic N) is 2. The summed E-state index contributed by atoms with van der Waals surface area (Å²) in [6, 6.07) is 7.00. The summed E-state index contributed by atoms with van der Waals surface area (Å²) in [5, 5.41) is 0. The van der Waals surface area contributed by atoms with E-state index in [1.807, 2.05) is 11.8 Å². The Bertz CT molecular complexity index is 760. The third-order valence-electron chi connectivity index (χ3n) is 5.34. The van der Waals surface area contributed by atoms with E-state index in [0.717, 1.165) is 6.42 Å². The predicted octanol–water partition coefficient (Wildman–Crippen LogP) is 1.89. The van der Waals surface area contributed by atoms with Gasteiger partial charge in [-0.15, -0.1) is 0 Å². The highest BCUT2D eigenvalue weighted by Gasteiger charge is 2.58. The molecule has 158 valence electrons. The van der Waals surface area contributed by atoms with E-state index in [1.165, 1.54) is 4.90 Å². The third kappa shape index (κ3) is 4.37. The van der Waals surface area contributed by atoms with Crippen LogP contribution in [0, 0.1) is 11.8 Å². The van der Waals surface area contributed by atoms with Crippen LogP contribution in [0.5, 0.6) is 5.75 Å². The Morgan fingerprint density at radius 2 is 1.79 bits per heavy atom. The summed E-state index contributed by atoms with van der Waals surface area (Å²) < 4.78 is 16.5. The Labute approximate surface area is 170 Å². The van der Waals surface area contributed by atoms with Gasteiger partial charge in [0.05, 0.1) is 12.5 Å². The fourth-order valence-corrected chi connectivity index (χ4v) is 3.99. The van der Waals surface area contributed by atoms with Crippen molar-refractivity contribution >= 4 is 17.8 Å². The van der Waals surface area contributed by atoms with E-state index in [9.17, 15) is 14.4 Å². The van der Waals surface area contributed by atoms with Crippen LogP contribution in [0.25, 0.3) is 0 Å². The first kappa shape index (κ1) is 21.1. The maximum atomic E-state index is 11.9. The second-order valence-corrected chi connectivity index (χ2v) is 8.02. The molecule has 1 aromatic rings. The number of benzene rings is 1. The van der Waals surface area contributed by atoms with Gasteiger partial charge in [-0.2, -0.15) is 0 Å². The van der Waals surface area contributed by atoms with Crippen molar-refractivity contribution in [1.82, 2.24) is 9.80 Å². The number of piperidine rings is 1. The number of esters is 2. The van der Waals surface area contributed by atoms with Crippen LogP contribution in [0.15, 0.2) is 24.3 Å². The van der Waals surface area contributed by atoms with Gasteiger partial charge in [-0.3, -0.25) is 4.79 Å². The highest BCUT2D eigenvalue weighted by atomic mass is 16.8. The minimum atomic E-state index is -1.30. The van der Waals surface area contributed by atoms with E-state index in [2.05, 4.69) is 6.92 Å². The minimum absolute atomic E-state index is 0.0594. The van der Waals surface area contributed by atoms with Gasteiger partial charge in [0, 0.05) is 32.7 Å². The second-order valence-electron chi connectivity index (χ2n) is 8.02. The molecule has 1 spiro atoms. The Balaban J connectivity index is 1.55.